The Bertz CT molecular complexity index is 1030. The second kappa shape index (κ2) is 6.32. The minimum atomic E-state index is -3.90. The molecule has 3 rings (SSSR count). The van der Waals surface area contributed by atoms with Crippen LogP contribution in [0.4, 0.5) is 0 Å². The second-order valence-electron chi connectivity index (χ2n) is 6.49. The van der Waals surface area contributed by atoms with E-state index in [1.165, 1.54) is 12.1 Å². The Balaban J connectivity index is 2.26. The summed E-state index contributed by atoms with van der Waals surface area (Å²) in [6, 6.07) is 16.7. The van der Waals surface area contributed by atoms with Crippen molar-refractivity contribution >= 4 is 38.3 Å². The molecule has 1 heterocycles. The summed E-state index contributed by atoms with van der Waals surface area (Å²) in [6.07, 6.45) is 0.0369. The molecular weight excluding hydrogens is 358 g/mol. The SMILES string of the molecule is CC(C)(Cl)CC(=O)c1cc2ccccc2n1S(=O)(=O)c1ccccc1. The number of Topliss-reactive ketones (excluding diaryl/α,β-unsaturated/α-hetero) is 1. The summed E-state index contributed by atoms with van der Waals surface area (Å²) in [5.74, 6) is -0.310. The normalized spacial score (nSPS) is 12.4. The minimum Gasteiger partial charge on any atom is -0.292 e. The summed E-state index contributed by atoms with van der Waals surface area (Å²) in [7, 11) is -3.90. The van der Waals surface area contributed by atoms with E-state index in [4.69, 9.17) is 11.6 Å². The molecule has 130 valence electrons. The Morgan fingerprint density at radius 1 is 1.04 bits per heavy atom. The third kappa shape index (κ3) is 3.48. The number of halogens is 1. The molecule has 0 atom stereocenters. The van der Waals surface area contributed by atoms with Crippen LogP contribution in [0, 0.1) is 0 Å². The Kier molecular flexibility index (Phi) is 4.47. The first kappa shape index (κ1) is 17.7. The van der Waals surface area contributed by atoms with Gasteiger partial charge in [-0.15, -0.1) is 11.6 Å². The van der Waals surface area contributed by atoms with Crippen LogP contribution in [0.15, 0.2) is 65.6 Å². The quantitative estimate of drug-likeness (QED) is 0.488. The summed E-state index contributed by atoms with van der Waals surface area (Å²) < 4.78 is 27.5. The molecule has 4 nitrogen and oxygen atoms in total. The van der Waals surface area contributed by atoms with E-state index in [1.807, 2.05) is 6.07 Å². The summed E-state index contributed by atoms with van der Waals surface area (Å²) >= 11 is 6.18. The van der Waals surface area contributed by atoms with Crippen molar-refractivity contribution in [1.29, 1.82) is 0 Å². The van der Waals surface area contributed by atoms with Gasteiger partial charge >= 0.3 is 0 Å². The Morgan fingerprint density at radius 2 is 1.64 bits per heavy atom. The molecule has 0 aliphatic heterocycles. The number of alkyl halides is 1. The van der Waals surface area contributed by atoms with Crippen molar-refractivity contribution in [3.05, 3.63) is 66.4 Å². The average Bonchev–Trinajstić information content (AvgIpc) is 2.94. The van der Waals surface area contributed by atoms with Crippen molar-refractivity contribution in [3.63, 3.8) is 0 Å². The molecule has 0 fully saturated rings. The van der Waals surface area contributed by atoms with Crippen molar-refractivity contribution in [2.75, 3.05) is 0 Å². The van der Waals surface area contributed by atoms with Gasteiger partial charge in [0.2, 0.25) is 0 Å². The number of rotatable bonds is 5. The summed E-state index contributed by atoms with van der Waals surface area (Å²) in [4.78, 5) is 12.1. The fourth-order valence-corrected chi connectivity index (χ4v) is 4.43. The first-order valence-corrected chi connectivity index (χ1v) is 9.65. The topological polar surface area (TPSA) is 56.1 Å². The maximum atomic E-state index is 13.2. The molecule has 0 saturated heterocycles. The molecule has 0 N–H and O–H groups in total. The Hall–Kier alpha value is -2.11. The summed E-state index contributed by atoms with van der Waals surface area (Å²) in [6.45, 7) is 3.45. The molecule has 25 heavy (non-hydrogen) atoms. The maximum Gasteiger partial charge on any atom is 0.268 e. The zero-order valence-electron chi connectivity index (χ0n) is 13.9. The molecule has 0 aliphatic rings. The van der Waals surface area contributed by atoms with Crippen molar-refractivity contribution in [1.82, 2.24) is 3.97 Å². The number of para-hydroxylation sites is 1. The highest BCUT2D eigenvalue weighted by Crippen LogP contribution is 2.28. The molecule has 0 saturated carbocycles. The van der Waals surface area contributed by atoms with E-state index in [0.717, 1.165) is 3.97 Å². The van der Waals surface area contributed by atoms with Crippen LogP contribution in [0.1, 0.15) is 30.8 Å². The smallest absolute Gasteiger partial charge is 0.268 e. The van der Waals surface area contributed by atoms with Gasteiger partial charge < -0.3 is 0 Å². The van der Waals surface area contributed by atoms with E-state index in [-0.39, 0.29) is 22.8 Å². The molecule has 0 aliphatic carbocycles. The van der Waals surface area contributed by atoms with E-state index in [9.17, 15) is 13.2 Å². The van der Waals surface area contributed by atoms with Gasteiger partial charge in [-0.25, -0.2) is 12.4 Å². The Morgan fingerprint density at radius 3 is 2.28 bits per heavy atom. The van der Waals surface area contributed by atoms with Crippen molar-refractivity contribution in [2.45, 2.75) is 30.0 Å². The van der Waals surface area contributed by atoms with Crippen LogP contribution in [0.2, 0.25) is 0 Å². The zero-order chi connectivity index (χ0) is 18.2. The summed E-state index contributed by atoms with van der Waals surface area (Å²) in [5, 5.41) is 0.692. The van der Waals surface area contributed by atoms with E-state index >= 15 is 0 Å². The van der Waals surface area contributed by atoms with Gasteiger partial charge in [-0.1, -0.05) is 36.4 Å². The van der Waals surface area contributed by atoms with Gasteiger partial charge in [0.05, 0.1) is 10.4 Å². The molecular formula is C19H18ClNO3S. The average molecular weight is 376 g/mol. The first-order valence-electron chi connectivity index (χ1n) is 7.83. The number of ketones is 1. The lowest BCUT2D eigenvalue weighted by Gasteiger charge is -2.16. The highest BCUT2D eigenvalue weighted by Gasteiger charge is 2.28. The molecule has 2 aromatic carbocycles. The fourth-order valence-electron chi connectivity index (χ4n) is 2.75. The molecule has 0 bridgehead atoms. The molecule has 0 spiro atoms. The molecule has 0 amide bonds. The van der Waals surface area contributed by atoms with Crippen LogP contribution in [0.3, 0.4) is 0 Å². The molecule has 3 aromatic rings. The number of nitrogens with zero attached hydrogens (tertiary/aromatic N) is 1. The van der Waals surface area contributed by atoms with E-state index < -0.39 is 14.9 Å². The van der Waals surface area contributed by atoms with E-state index in [1.54, 1.807) is 56.3 Å². The number of hydrogen-bond donors (Lipinski definition) is 0. The molecule has 0 radical (unpaired) electrons. The first-order chi connectivity index (χ1) is 11.7. The van der Waals surface area contributed by atoms with Gasteiger partial charge in [0, 0.05) is 16.7 Å². The molecule has 1 aromatic heterocycles. The van der Waals surface area contributed by atoms with Gasteiger partial charge in [-0.05, 0) is 38.1 Å². The van der Waals surface area contributed by atoms with Gasteiger partial charge in [0.1, 0.15) is 5.69 Å². The van der Waals surface area contributed by atoms with Crippen LogP contribution >= 0.6 is 11.6 Å². The third-order valence-corrected chi connectivity index (χ3v) is 5.69. The largest absolute Gasteiger partial charge is 0.292 e. The number of aromatic nitrogens is 1. The van der Waals surface area contributed by atoms with Crippen LogP contribution in [0.25, 0.3) is 10.9 Å². The number of carbonyl (C=O) groups is 1. The fraction of sp³-hybridized carbons (Fsp3) is 0.211. The number of carbonyl (C=O) groups excluding carboxylic acids is 1. The predicted molar refractivity (Wildman–Crippen MR) is 99.8 cm³/mol. The maximum absolute atomic E-state index is 13.2. The predicted octanol–water partition coefficient (Wildman–Crippen LogP) is 4.47. The van der Waals surface area contributed by atoms with Crippen LogP contribution < -0.4 is 0 Å². The monoisotopic (exact) mass is 375 g/mol. The van der Waals surface area contributed by atoms with Crippen LogP contribution in [-0.4, -0.2) is 23.0 Å². The number of hydrogen-bond acceptors (Lipinski definition) is 3. The second-order valence-corrected chi connectivity index (χ2v) is 9.30. The molecule has 0 unspecified atom stereocenters. The Labute approximate surface area is 152 Å². The van der Waals surface area contributed by atoms with Crippen LogP contribution in [-0.2, 0) is 10.0 Å². The molecule has 6 heteroatoms. The third-order valence-electron chi connectivity index (χ3n) is 3.81. The standard InChI is InChI=1S/C19H18ClNO3S/c1-19(2,20)13-18(22)17-12-14-8-6-7-11-16(14)21(17)25(23,24)15-9-4-3-5-10-15/h3-12H,13H2,1-2H3. The van der Waals surface area contributed by atoms with E-state index in [0.29, 0.717) is 10.9 Å². The lowest BCUT2D eigenvalue weighted by Crippen LogP contribution is -2.22. The number of fused-ring (bicyclic) bond motifs is 1. The lowest BCUT2D eigenvalue weighted by atomic mass is 10.0. The minimum absolute atomic E-state index is 0.0369. The summed E-state index contributed by atoms with van der Waals surface area (Å²) in [5.41, 5.74) is 0.598. The van der Waals surface area contributed by atoms with Gasteiger partial charge in [-0.2, -0.15) is 0 Å². The van der Waals surface area contributed by atoms with Gasteiger partial charge in [-0.3, -0.25) is 4.79 Å². The van der Waals surface area contributed by atoms with Crippen molar-refractivity contribution < 1.29 is 13.2 Å². The highest BCUT2D eigenvalue weighted by molar-refractivity contribution is 7.90. The number of benzene rings is 2. The lowest BCUT2D eigenvalue weighted by molar-refractivity contribution is 0.0967. The van der Waals surface area contributed by atoms with Crippen LogP contribution in [0.5, 0.6) is 0 Å². The van der Waals surface area contributed by atoms with Crippen molar-refractivity contribution in [3.8, 4) is 0 Å². The van der Waals surface area contributed by atoms with E-state index in [2.05, 4.69) is 0 Å². The van der Waals surface area contributed by atoms with Gasteiger partial charge in [0.15, 0.2) is 5.78 Å². The van der Waals surface area contributed by atoms with Gasteiger partial charge in [0.25, 0.3) is 10.0 Å². The zero-order valence-corrected chi connectivity index (χ0v) is 15.5. The highest BCUT2D eigenvalue weighted by atomic mass is 35.5. The van der Waals surface area contributed by atoms with Crippen molar-refractivity contribution in [2.24, 2.45) is 0 Å².